The lowest BCUT2D eigenvalue weighted by Crippen LogP contribution is -2.08. The van der Waals surface area contributed by atoms with Gasteiger partial charge >= 0.3 is 0 Å². The van der Waals surface area contributed by atoms with Crippen molar-refractivity contribution in [1.82, 2.24) is 4.98 Å². The SMILES string of the molecule is O=C1C=CC=CC1c1nc2ccccc2s1. The first-order chi connectivity index (χ1) is 7.84. The van der Waals surface area contributed by atoms with E-state index in [-0.39, 0.29) is 11.7 Å². The van der Waals surface area contributed by atoms with Gasteiger partial charge in [-0.2, -0.15) is 0 Å². The number of para-hydroxylation sites is 1. The zero-order valence-corrected chi connectivity index (χ0v) is 9.28. The summed E-state index contributed by atoms with van der Waals surface area (Å²) in [5.74, 6) is -0.0797. The van der Waals surface area contributed by atoms with E-state index < -0.39 is 0 Å². The zero-order chi connectivity index (χ0) is 11.0. The van der Waals surface area contributed by atoms with Gasteiger partial charge in [0, 0.05) is 0 Å². The number of hydrogen-bond donors (Lipinski definition) is 0. The van der Waals surface area contributed by atoms with Gasteiger partial charge in [-0.1, -0.05) is 30.4 Å². The van der Waals surface area contributed by atoms with Crippen molar-refractivity contribution in [2.75, 3.05) is 0 Å². The van der Waals surface area contributed by atoms with Crippen LogP contribution in [0.15, 0.2) is 48.6 Å². The van der Waals surface area contributed by atoms with E-state index in [1.165, 1.54) is 0 Å². The molecule has 0 bridgehead atoms. The van der Waals surface area contributed by atoms with E-state index in [1.54, 1.807) is 23.5 Å². The Balaban J connectivity index is 2.09. The van der Waals surface area contributed by atoms with Crippen LogP contribution in [0, 0.1) is 0 Å². The highest BCUT2D eigenvalue weighted by atomic mass is 32.1. The maximum atomic E-state index is 11.7. The first kappa shape index (κ1) is 9.48. The first-order valence-corrected chi connectivity index (χ1v) is 5.90. The van der Waals surface area contributed by atoms with Crippen LogP contribution in [-0.2, 0) is 4.79 Å². The average molecular weight is 227 g/mol. The van der Waals surface area contributed by atoms with Gasteiger partial charge in [-0.05, 0) is 18.2 Å². The van der Waals surface area contributed by atoms with Gasteiger partial charge < -0.3 is 0 Å². The van der Waals surface area contributed by atoms with Crippen LogP contribution in [0.25, 0.3) is 10.2 Å². The first-order valence-electron chi connectivity index (χ1n) is 5.09. The molecule has 78 valence electrons. The van der Waals surface area contributed by atoms with Gasteiger partial charge in [-0.3, -0.25) is 4.79 Å². The molecule has 1 aliphatic carbocycles. The Morgan fingerprint density at radius 2 is 2.06 bits per heavy atom. The van der Waals surface area contributed by atoms with Crippen molar-refractivity contribution in [3.05, 3.63) is 53.6 Å². The molecule has 1 unspecified atom stereocenters. The maximum absolute atomic E-state index is 11.7. The number of allylic oxidation sites excluding steroid dienone is 4. The highest BCUT2D eigenvalue weighted by molar-refractivity contribution is 7.18. The third-order valence-corrected chi connectivity index (χ3v) is 3.68. The maximum Gasteiger partial charge on any atom is 0.169 e. The third kappa shape index (κ3) is 1.49. The number of nitrogens with zero attached hydrogens (tertiary/aromatic N) is 1. The number of hydrogen-bond acceptors (Lipinski definition) is 3. The Labute approximate surface area is 96.9 Å². The fraction of sp³-hybridized carbons (Fsp3) is 0.0769. The number of ketones is 1. The fourth-order valence-corrected chi connectivity index (χ4v) is 2.81. The van der Waals surface area contributed by atoms with Crippen molar-refractivity contribution in [3.8, 4) is 0 Å². The molecule has 0 saturated heterocycles. The third-order valence-electron chi connectivity index (χ3n) is 2.56. The molecule has 16 heavy (non-hydrogen) atoms. The number of carbonyl (C=O) groups excluding carboxylic acids is 1. The Hall–Kier alpha value is -1.74. The Morgan fingerprint density at radius 3 is 2.88 bits per heavy atom. The van der Waals surface area contributed by atoms with E-state index in [1.807, 2.05) is 36.4 Å². The minimum atomic E-state index is -0.192. The van der Waals surface area contributed by atoms with E-state index in [9.17, 15) is 4.79 Å². The molecule has 0 spiro atoms. The van der Waals surface area contributed by atoms with E-state index in [2.05, 4.69) is 4.98 Å². The van der Waals surface area contributed by atoms with Gasteiger partial charge in [0.25, 0.3) is 0 Å². The molecular formula is C13H9NOS. The minimum absolute atomic E-state index is 0.113. The monoisotopic (exact) mass is 227 g/mol. The number of rotatable bonds is 1. The lowest BCUT2D eigenvalue weighted by atomic mass is 10.0. The molecule has 0 fully saturated rings. The van der Waals surface area contributed by atoms with Crippen LogP contribution in [0.3, 0.4) is 0 Å². The topological polar surface area (TPSA) is 30.0 Å². The molecule has 1 aromatic carbocycles. The molecule has 0 N–H and O–H groups in total. The molecule has 2 nitrogen and oxygen atoms in total. The zero-order valence-electron chi connectivity index (χ0n) is 8.46. The Morgan fingerprint density at radius 1 is 1.19 bits per heavy atom. The number of carbonyl (C=O) groups is 1. The molecule has 0 radical (unpaired) electrons. The minimum Gasteiger partial charge on any atom is -0.294 e. The number of aromatic nitrogens is 1. The van der Waals surface area contributed by atoms with Crippen molar-refractivity contribution < 1.29 is 4.79 Å². The molecule has 0 aliphatic heterocycles. The normalized spacial score (nSPS) is 19.5. The number of benzene rings is 1. The smallest absolute Gasteiger partial charge is 0.169 e. The summed E-state index contributed by atoms with van der Waals surface area (Å²) in [5.41, 5.74) is 0.971. The number of thiazole rings is 1. The molecule has 1 aromatic heterocycles. The summed E-state index contributed by atoms with van der Waals surface area (Å²) in [7, 11) is 0. The summed E-state index contributed by atoms with van der Waals surface area (Å²) in [5, 5.41) is 0.881. The van der Waals surface area contributed by atoms with Crippen LogP contribution < -0.4 is 0 Å². The van der Waals surface area contributed by atoms with E-state index in [0.717, 1.165) is 15.2 Å². The molecule has 2 aromatic rings. The summed E-state index contributed by atoms with van der Waals surface area (Å²) in [6, 6.07) is 7.96. The lowest BCUT2D eigenvalue weighted by Gasteiger charge is -2.07. The van der Waals surface area contributed by atoms with Gasteiger partial charge in [0.05, 0.1) is 16.1 Å². The molecule has 3 heteroatoms. The van der Waals surface area contributed by atoms with Crippen LogP contribution in [0.5, 0.6) is 0 Å². The van der Waals surface area contributed by atoms with Crippen molar-refractivity contribution in [2.24, 2.45) is 0 Å². The van der Waals surface area contributed by atoms with Gasteiger partial charge in [-0.15, -0.1) is 11.3 Å². The summed E-state index contributed by atoms with van der Waals surface area (Å²) < 4.78 is 1.13. The van der Waals surface area contributed by atoms with Crippen molar-refractivity contribution in [3.63, 3.8) is 0 Å². The lowest BCUT2D eigenvalue weighted by molar-refractivity contribution is -0.115. The molecule has 3 rings (SSSR count). The summed E-state index contributed by atoms with van der Waals surface area (Å²) in [6.45, 7) is 0. The Kier molecular flexibility index (Phi) is 2.18. The largest absolute Gasteiger partial charge is 0.294 e. The standard InChI is InChI=1S/C13H9NOS/c15-11-7-3-1-5-9(11)13-14-10-6-2-4-8-12(10)16-13/h1-9H. The summed E-state index contributed by atoms with van der Waals surface area (Å²) in [6.07, 6.45) is 7.18. The fourth-order valence-electron chi connectivity index (χ4n) is 1.75. The van der Waals surface area contributed by atoms with Crippen molar-refractivity contribution in [2.45, 2.75) is 5.92 Å². The quantitative estimate of drug-likeness (QED) is 0.749. The summed E-state index contributed by atoms with van der Waals surface area (Å²) >= 11 is 1.59. The molecular weight excluding hydrogens is 218 g/mol. The van der Waals surface area contributed by atoms with Crippen molar-refractivity contribution >= 4 is 27.3 Å². The van der Waals surface area contributed by atoms with E-state index >= 15 is 0 Å². The van der Waals surface area contributed by atoms with Crippen molar-refractivity contribution in [1.29, 1.82) is 0 Å². The van der Waals surface area contributed by atoms with E-state index in [0.29, 0.717) is 0 Å². The summed E-state index contributed by atoms with van der Waals surface area (Å²) in [4.78, 5) is 16.2. The van der Waals surface area contributed by atoms with Gasteiger partial charge in [0.15, 0.2) is 5.78 Å². The highest BCUT2D eigenvalue weighted by Crippen LogP contribution is 2.30. The van der Waals surface area contributed by atoms with Crippen LogP contribution >= 0.6 is 11.3 Å². The second-order valence-electron chi connectivity index (χ2n) is 3.64. The highest BCUT2D eigenvalue weighted by Gasteiger charge is 2.20. The second kappa shape index (κ2) is 3.68. The predicted octanol–water partition coefficient (Wildman–Crippen LogP) is 3.08. The molecule has 1 atom stereocenters. The van der Waals surface area contributed by atoms with Crippen LogP contribution in [-0.4, -0.2) is 10.8 Å². The molecule has 1 heterocycles. The number of fused-ring (bicyclic) bond motifs is 1. The van der Waals surface area contributed by atoms with Crippen LogP contribution in [0.1, 0.15) is 10.9 Å². The molecule has 1 aliphatic rings. The van der Waals surface area contributed by atoms with Gasteiger partial charge in [0.2, 0.25) is 0 Å². The Bertz CT molecular complexity index is 576. The molecule has 0 saturated carbocycles. The van der Waals surface area contributed by atoms with Gasteiger partial charge in [0.1, 0.15) is 5.01 Å². The second-order valence-corrected chi connectivity index (χ2v) is 4.71. The average Bonchev–Trinajstić information content (AvgIpc) is 2.73. The van der Waals surface area contributed by atoms with Crippen LogP contribution in [0.4, 0.5) is 0 Å². The predicted molar refractivity (Wildman–Crippen MR) is 65.6 cm³/mol. The van der Waals surface area contributed by atoms with E-state index in [4.69, 9.17) is 0 Å². The van der Waals surface area contributed by atoms with Crippen LogP contribution in [0.2, 0.25) is 0 Å². The van der Waals surface area contributed by atoms with Gasteiger partial charge in [-0.25, -0.2) is 4.98 Å². The molecule has 0 amide bonds.